The van der Waals surface area contributed by atoms with Gasteiger partial charge < -0.3 is 15.0 Å². The Morgan fingerprint density at radius 1 is 1.35 bits per heavy atom. The fourth-order valence-corrected chi connectivity index (χ4v) is 3.49. The number of rotatable bonds is 8. The average Bonchev–Trinajstić information content (AvgIpc) is 3.19. The first kappa shape index (κ1) is 25.1. The summed E-state index contributed by atoms with van der Waals surface area (Å²) in [5.41, 5.74) is 2.33. The number of morpholine rings is 1. The number of non-ortho nitro benzene ring substituents is 1. The summed E-state index contributed by atoms with van der Waals surface area (Å²) in [6, 6.07) is 6.79. The van der Waals surface area contributed by atoms with Crippen LogP contribution in [0.4, 0.5) is 5.69 Å². The number of guanidine groups is 1. The van der Waals surface area contributed by atoms with Crippen molar-refractivity contribution in [1.82, 2.24) is 20.0 Å². The molecule has 10 heteroatoms. The highest BCUT2D eigenvalue weighted by Gasteiger charge is 2.25. The fourth-order valence-electron chi connectivity index (χ4n) is 3.49. The van der Waals surface area contributed by atoms with E-state index in [9.17, 15) is 10.1 Å². The van der Waals surface area contributed by atoms with Crippen LogP contribution >= 0.6 is 24.0 Å². The second-order valence-electron chi connectivity index (χ2n) is 7.37. The quantitative estimate of drug-likeness (QED) is 0.137. The van der Waals surface area contributed by atoms with E-state index in [4.69, 9.17) is 9.73 Å². The van der Waals surface area contributed by atoms with Gasteiger partial charge in [0, 0.05) is 50.6 Å². The Kier molecular flexibility index (Phi) is 10.2. The Morgan fingerprint density at radius 2 is 2.13 bits per heavy atom. The number of nitrogens with one attached hydrogen (secondary N) is 1. The van der Waals surface area contributed by atoms with E-state index < -0.39 is 0 Å². The minimum Gasteiger partial charge on any atom is -0.370 e. The van der Waals surface area contributed by atoms with Crippen molar-refractivity contribution in [1.29, 1.82) is 0 Å². The third-order valence-corrected chi connectivity index (χ3v) is 5.08. The number of nitro benzene ring substituents is 1. The zero-order chi connectivity index (χ0) is 21.3. The maximum Gasteiger partial charge on any atom is 0.269 e. The van der Waals surface area contributed by atoms with Crippen LogP contribution in [0.25, 0.3) is 0 Å². The molecule has 0 aliphatic carbocycles. The zero-order valence-corrected chi connectivity index (χ0v) is 20.4. The highest BCUT2D eigenvalue weighted by molar-refractivity contribution is 14.0. The molecule has 2 aromatic rings. The second-order valence-corrected chi connectivity index (χ2v) is 7.37. The molecule has 9 nitrogen and oxygen atoms in total. The van der Waals surface area contributed by atoms with Crippen LogP contribution in [-0.4, -0.2) is 58.3 Å². The maximum atomic E-state index is 10.7. The van der Waals surface area contributed by atoms with Gasteiger partial charge in [-0.05, 0) is 31.7 Å². The van der Waals surface area contributed by atoms with E-state index in [0.717, 1.165) is 62.5 Å². The van der Waals surface area contributed by atoms with Gasteiger partial charge in [-0.1, -0.05) is 12.1 Å². The Balaban J connectivity index is 0.00000341. The van der Waals surface area contributed by atoms with Gasteiger partial charge in [-0.3, -0.25) is 19.8 Å². The van der Waals surface area contributed by atoms with Gasteiger partial charge in [-0.25, -0.2) is 0 Å². The molecule has 170 valence electrons. The smallest absolute Gasteiger partial charge is 0.269 e. The summed E-state index contributed by atoms with van der Waals surface area (Å²) in [6.07, 6.45) is 6.69. The molecular weight excluding hydrogens is 511 g/mol. The number of unbranched alkanes of at least 4 members (excludes halogenated alkanes) is 1. The number of halogens is 1. The Morgan fingerprint density at radius 3 is 2.77 bits per heavy atom. The zero-order valence-electron chi connectivity index (χ0n) is 18.1. The van der Waals surface area contributed by atoms with Crippen LogP contribution in [-0.2, 0) is 18.2 Å². The number of aliphatic imine (C=N–C) groups is 1. The predicted octanol–water partition coefficient (Wildman–Crippen LogP) is 3.31. The molecule has 0 spiro atoms. The Hall–Kier alpha value is -2.21. The SMILES string of the molecule is CCNC(=NCCCCc1ccc([N+](=O)[O-])cc1)N1CCOC(c2cnn(C)c2)C1.I. The fraction of sp³-hybridized carbons (Fsp3) is 0.524. The van der Waals surface area contributed by atoms with Gasteiger partial charge in [-0.15, -0.1) is 24.0 Å². The summed E-state index contributed by atoms with van der Waals surface area (Å²) < 4.78 is 7.72. The van der Waals surface area contributed by atoms with Gasteiger partial charge in [0.2, 0.25) is 0 Å². The monoisotopic (exact) mass is 542 g/mol. The highest BCUT2D eigenvalue weighted by atomic mass is 127. The first-order chi connectivity index (χ1) is 14.6. The van der Waals surface area contributed by atoms with Crippen LogP contribution in [0.15, 0.2) is 41.7 Å². The number of aryl methyl sites for hydroxylation is 2. The van der Waals surface area contributed by atoms with Crippen LogP contribution in [0.1, 0.15) is 37.0 Å². The topological polar surface area (TPSA) is 97.8 Å². The van der Waals surface area contributed by atoms with Crippen LogP contribution < -0.4 is 5.32 Å². The number of nitro groups is 1. The van der Waals surface area contributed by atoms with E-state index in [1.807, 2.05) is 31.6 Å². The standard InChI is InChI=1S/C21H30N6O3.HI/c1-3-22-21(26-12-13-30-20(16-26)18-14-24-25(2)15-18)23-11-5-4-6-17-7-9-19(10-8-17)27(28)29;/h7-10,14-15,20H,3-6,11-13,16H2,1-2H3,(H,22,23);1H. The normalized spacial score (nSPS) is 16.6. The molecule has 31 heavy (non-hydrogen) atoms. The minimum absolute atomic E-state index is 0. The minimum atomic E-state index is -0.370. The van der Waals surface area contributed by atoms with Crippen LogP contribution in [0, 0.1) is 10.1 Å². The van der Waals surface area contributed by atoms with Crippen molar-refractivity contribution in [2.24, 2.45) is 12.0 Å². The summed E-state index contributed by atoms with van der Waals surface area (Å²) in [7, 11) is 1.91. The van der Waals surface area contributed by atoms with E-state index >= 15 is 0 Å². The van der Waals surface area contributed by atoms with Crippen molar-refractivity contribution in [2.45, 2.75) is 32.3 Å². The molecule has 0 radical (unpaired) electrons. The van der Waals surface area contributed by atoms with E-state index in [-0.39, 0.29) is 40.7 Å². The van der Waals surface area contributed by atoms with Crippen molar-refractivity contribution in [2.75, 3.05) is 32.8 Å². The lowest BCUT2D eigenvalue weighted by Gasteiger charge is -2.34. The highest BCUT2D eigenvalue weighted by Crippen LogP contribution is 2.21. The first-order valence-corrected chi connectivity index (χ1v) is 10.4. The third-order valence-electron chi connectivity index (χ3n) is 5.08. The summed E-state index contributed by atoms with van der Waals surface area (Å²) in [4.78, 5) is 17.4. The van der Waals surface area contributed by atoms with Crippen molar-refractivity contribution >= 4 is 35.6 Å². The molecule has 1 aromatic heterocycles. The second kappa shape index (κ2) is 12.6. The molecule has 1 saturated heterocycles. The number of hydrogen-bond acceptors (Lipinski definition) is 5. The lowest BCUT2D eigenvalue weighted by molar-refractivity contribution is -0.384. The third kappa shape index (κ3) is 7.46. The number of benzene rings is 1. The van der Waals surface area contributed by atoms with E-state index in [1.54, 1.807) is 16.8 Å². The van der Waals surface area contributed by atoms with E-state index in [1.165, 1.54) is 0 Å². The molecule has 0 saturated carbocycles. The summed E-state index contributed by atoms with van der Waals surface area (Å²) in [6.45, 7) is 5.85. The van der Waals surface area contributed by atoms with Crippen LogP contribution in [0.5, 0.6) is 0 Å². The van der Waals surface area contributed by atoms with Crippen molar-refractivity contribution in [3.05, 3.63) is 57.9 Å². The molecule has 2 heterocycles. The van der Waals surface area contributed by atoms with E-state index in [0.29, 0.717) is 6.61 Å². The average molecular weight is 542 g/mol. The van der Waals surface area contributed by atoms with Gasteiger partial charge in [0.1, 0.15) is 6.10 Å². The van der Waals surface area contributed by atoms with Crippen molar-refractivity contribution in [3.8, 4) is 0 Å². The molecular formula is C21H31IN6O3. The molecule has 1 atom stereocenters. The first-order valence-electron chi connectivity index (χ1n) is 10.4. The van der Waals surface area contributed by atoms with Gasteiger partial charge in [-0.2, -0.15) is 5.10 Å². The lowest BCUT2D eigenvalue weighted by atomic mass is 10.1. The summed E-state index contributed by atoms with van der Waals surface area (Å²) in [5, 5.41) is 18.4. The van der Waals surface area contributed by atoms with Crippen LogP contribution in [0.2, 0.25) is 0 Å². The number of ether oxygens (including phenoxy) is 1. The number of aromatic nitrogens is 2. The molecule has 0 bridgehead atoms. The molecule has 1 aromatic carbocycles. The molecule has 1 aliphatic rings. The number of hydrogen-bond donors (Lipinski definition) is 1. The molecule has 1 unspecified atom stereocenters. The predicted molar refractivity (Wildman–Crippen MR) is 131 cm³/mol. The molecule has 1 N–H and O–H groups in total. The van der Waals surface area contributed by atoms with Gasteiger partial charge in [0.25, 0.3) is 5.69 Å². The van der Waals surface area contributed by atoms with Gasteiger partial charge in [0.15, 0.2) is 5.96 Å². The molecule has 3 rings (SSSR count). The Bertz CT molecular complexity index is 855. The largest absolute Gasteiger partial charge is 0.370 e. The van der Waals surface area contributed by atoms with Crippen LogP contribution in [0.3, 0.4) is 0 Å². The lowest BCUT2D eigenvalue weighted by Crippen LogP contribution is -2.48. The Labute approximate surface area is 200 Å². The van der Waals surface area contributed by atoms with Crippen molar-refractivity contribution < 1.29 is 9.66 Å². The molecule has 0 amide bonds. The van der Waals surface area contributed by atoms with Gasteiger partial charge >= 0.3 is 0 Å². The molecule has 1 aliphatic heterocycles. The van der Waals surface area contributed by atoms with E-state index in [2.05, 4.69) is 22.2 Å². The summed E-state index contributed by atoms with van der Waals surface area (Å²) >= 11 is 0. The van der Waals surface area contributed by atoms with Gasteiger partial charge in [0.05, 0.1) is 24.3 Å². The van der Waals surface area contributed by atoms with Crippen molar-refractivity contribution in [3.63, 3.8) is 0 Å². The summed E-state index contributed by atoms with van der Waals surface area (Å²) in [5.74, 6) is 0.921. The number of nitrogens with zero attached hydrogens (tertiary/aromatic N) is 5. The maximum absolute atomic E-state index is 10.7. The molecule has 1 fully saturated rings.